The van der Waals surface area contributed by atoms with E-state index < -0.39 is 11.9 Å². The van der Waals surface area contributed by atoms with E-state index in [1.807, 2.05) is 24.3 Å². The number of halogens is 1. The number of carbonyl (C=O) groups is 1. The summed E-state index contributed by atoms with van der Waals surface area (Å²) < 4.78 is 0. The second-order valence-corrected chi connectivity index (χ2v) is 5.26. The van der Waals surface area contributed by atoms with Crippen LogP contribution in [0.1, 0.15) is 31.7 Å². The van der Waals surface area contributed by atoms with Crippen molar-refractivity contribution in [3.05, 3.63) is 34.9 Å². The molecule has 0 bridgehead atoms. The predicted molar refractivity (Wildman–Crippen MR) is 73.8 cm³/mol. The highest BCUT2D eigenvalue weighted by Crippen LogP contribution is 2.30. The highest BCUT2D eigenvalue weighted by Gasteiger charge is 2.23. The van der Waals surface area contributed by atoms with Gasteiger partial charge in [0.2, 0.25) is 0 Å². The lowest BCUT2D eigenvalue weighted by Crippen LogP contribution is -2.26. The summed E-state index contributed by atoms with van der Waals surface area (Å²) in [7, 11) is 0. The maximum atomic E-state index is 11.0. The third-order valence-electron chi connectivity index (χ3n) is 3.52. The van der Waals surface area contributed by atoms with Crippen molar-refractivity contribution >= 4 is 17.6 Å². The summed E-state index contributed by atoms with van der Waals surface area (Å²) in [6.45, 7) is 4.32. The van der Waals surface area contributed by atoms with Crippen molar-refractivity contribution in [1.82, 2.24) is 0 Å². The Bertz CT molecular complexity index is 409. The molecule has 3 nitrogen and oxygen atoms in total. The molecule has 0 spiro atoms. The Hall–Kier alpha value is -1.06. The van der Waals surface area contributed by atoms with Gasteiger partial charge in [-0.25, -0.2) is 0 Å². The second-order valence-electron chi connectivity index (χ2n) is 4.83. The monoisotopic (exact) mass is 269 g/mol. The van der Waals surface area contributed by atoms with Gasteiger partial charge < -0.3 is 10.8 Å². The first kappa shape index (κ1) is 15.0. The van der Waals surface area contributed by atoms with Crippen molar-refractivity contribution in [2.75, 3.05) is 6.54 Å². The van der Waals surface area contributed by atoms with Crippen LogP contribution in [0.15, 0.2) is 24.3 Å². The normalized spacial score (nSPS) is 16.0. The zero-order valence-electron chi connectivity index (χ0n) is 10.8. The molecule has 3 atom stereocenters. The zero-order valence-corrected chi connectivity index (χ0v) is 11.5. The largest absolute Gasteiger partial charge is 0.481 e. The van der Waals surface area contributed by atoms with Crippen LogP contribution in [0.4, 0.5) is 0 Å². The Balaban J connectivity index is 2.72. The number of carboxylic acid groups (broad SMARTS) is 1. The molecule has 0 saturated carbocycles. The highest BCUT2D eigenvalue weighted by atomic mass is 35.5. The molecule has 0 aromatic heterocycles. The van der Waals surface area contributed by atoms with Crippen LogP contribution >= 0.6 is 11.6 Å². The standard InChI is InChI=1S/C14H20ClNO2/c1-9(6-12(8-16)14(17)18)10(2)11-4-3-5-13(15)7-11/h3-5,7,9-10,12H,6,8,16H2,1-2H3,(H,17,18). The van der Waals surface area contributed by atoms with E-state index in [4.69, 9.17) is 22.4 Å². The van der Waals surface area contributed by atoms with Crippen molar-refractivity contribution in [2.45, 2.75) is 26.2 Å². The first-order valence-electron chi connectivity index (χ1n) is 6.14. The number of hydrogen-bond donors (Lipinski definition) is 2. The van der Waals surface area contributed by atoms with E-state index in [1.165, 1.54) is 0 Å². The second kappa shape index (κ2) is 6.76. The molecule has 0 radical (unpaired) electrons. The molecular weight excluding hydrogens is 250 g/mol. The van der Waals surface area contributed by atoms with Gasteiger partial charge in [-0.05, 0) is 36.0 Å². The SMILES string of the molecule is CC(CC(CN)C(=O)O)C(C)c1cccc(Cl)c1. The van der Waals surface area contributed by atoms with E-state index in [0.717, 1.165) is 5.56 Å². The fourth-order valence-electron chi connectivity index (χ4n) is 2.07. The number of hydrogen-bond acceptors (Lipinski definition) is 2. The van der Waals surface area contributed by atoms with Crippen molar-refractivity contribution in [2.24, 2.45) is 17.6 Å². The van der Waals surface area contributed by atoms with Crippen LogP contribution in [0.25, 0.3) is 0 Å². The van der Waals surface area contributed by atoms with Crippen molar-refractivity contribution in [1.29, 1.82) is 0 Å². The minimum Gasteiger partial charge on any atom is -0.481 e. The van der Waals surface area contributed by atoms with Gasteiger partial charge in [0.1, 0.15) is 0 Å². The molecule has 0 fully saturated rings. The third-order valence-corrected chi connectivity index (χ3v) is 3.75. The molecule has 3 N–H and O–H groups in total. The van der Waals surface area contributed by atoms with Crippen molar-refractivity contribution < 1.29 is 9.90 Å². The molecule has 3 unspecified atom stereocenters. The molecule has 18 heavy (non-hydrogen) atoms. The number of carboxylic acids is 1. The Labute approximate surface area is 113 Å². The quantitative estimate of drug-likeness (QED) is 0.834. The van der Waals surface area contributed by atoms with Crippen molar-refractivity contribution in [3.8, 4) is 0 Å². The lowest BCUT2D eigenvalue weighted by Gasteiger charge is -2.23. The van der Waals surface area contributed by atoms with Gasteiger partial charge in [-0.2, -0.15) is 0 Å². The van der Waals surface area contributed by atoms with E-state index in [0.29, 0.717) is 11.4 Å². The molecule has 1 aromatic rings. The third kappa shape index (κ3) is 4.00. The summed E-state index contributed by atoms with van der Waals surface area (Å²) in [4.78, 5) is 11.0. The molecular formula is C14H20ClNO2. The fraction of sp³-hybridized carbons (Fsp3) is 0.500. The Morgan fingerprint density at radius 2 is 2.11 bits per heavy atom. The van der Waals surface area contributed by atoms with Crippen LogP contribution in [0.3, 0.4) is 0 Å². The van der Waals surface area contributed by atoms with Crippen LogP contribution in [-0.2, 0) is 4.79 Å². The summed E-state index contributed by atoms with van der Waals surface area (Å²) in [6.07, 6.45) is 0.583. The fourth-order valence-corrected chi connectivity index (χ4v) is 2.27. The van der Waals surface area contributed by atoms with Gasteiger partial charge in [0.25, 0.3) is 0 Å². The number of rotatable bonds is 6. The summed E-state index contributed by atoms with van der Waals surface area (Å²) >= 11 is 5.96. The maximum absolute atomic E-state index is 11.0. The van der Waals surface area contributed by atoms with Crippen LogP contribution in [-0.4, -0.2) is 17.6 Å². The summed E-state index contributed by atoms with van der Waals surface area (Å²) in [6, 6.07) is 7.70. The van der Waals surface area contributed by atoms with E-state index in [-0.39, 0.29) is 18.4 Å². The summed E-state index contributed by atoms with van der Waals surface area (Å²) in [5.41, 5.74) is 6.62. The Morgan fingerprint density at radius 1 is 1.44 bits per heavy atom. The van der Waals surface area contributed by atoms with Gasteiger partial charge in [0, 0.05) is 11.6 Å². The zero-order chi connectivity index (χ0) is 13.7. The Kier molecular flexibility index (Phi) is 5.63. The molecule has 0 amide bonds. The van der Waals surface area contributed by atoms with Gasteiger partial charge in [0.05, 0.1) is 5.92 Å². The van der Waals surface area contributed by atoms with Gasteiger partial charge in [-0.1, -0.05) is 37.6 Å². The summed E-state index contributed by atoms with van der Waals surface area (Å²) in [5, 5.41) is 9.73. The molecule has 0 aliphatic rings. The Morgan fingerprint density at radius 3 is 2.61 bits per heavy atom. The van der Waals surface area contributed by atoms with E-state index in [9.17, 15) is 4.79 Å². The van der Waals surface area contributed by atoms with Crippen LogP contribution in [0, 0.1) is 11.8 Å². The molecule has 4 heteroatoms. The average molecular weight is 270 g/mol. The highest BCUT2D eigenvalue weighted by molar-refractivity contribution is 6.30. The topological polar surface area (TPSA) is 63.3 Å². The number of benzene rings is 1. The smallest absolute Gasteiger partial charge is 0.307 e. The van der Waals surface area contributed by atoms with E-state index in [2.05, 4.69) is 13.8 Å². The van der Waals surface area contributed by atoms with Crippen LogP contribution in [0.2, 0.25) is 5.02 Å². The molecule has 0 aliphatic heterocycles. The van der Waals surface area contributed by atoms with Gasteiger partial charge >= 0.3 is 5.97 Å². The minimum absolute atomic E-state index is 0.182. The van der Waals surface area contributed by atoms with Crippen LogP contribution in [0.5, 0.6) is 0 Å². The van der Waals surface area contributed by atoms with E-state index in [1.54, 1.807) is 0 Å². The molecule has 0 aliphatic carbocycles. The average Bonchev–Trinajstić information content (AvgIpc) is 2.34. The maximum Gasteiger partial charge on any atom is 0.307 e. The first-order chi connectivity index (χ1) is 8.45. The molecule has 1 rings (SSSR count). The van der Waals surface area contributed by atoms with Gasteiger partial charge in [-0.3, -0.25) is 4.79 Å². The van der Waals surface area contributed by atoms with Gasteiger partial charge in [0.15, 0.2) is 0 Å². The first-order valence-corrected chi connectivity index (χ1v) is 6.51. The van der Waals surface area contributed by atoms with E-state index >= 15 is 0 Å². The molecule has 0 heterocycles. The predicted octanol–water partition coefficient (Wildman–Crippen LogP) is 3.13. The minimum atomic E-state index is -0.817. The summed E-state index contributed by atoms with van der Waals surface area (Å²) in [5.74, 6) is -0.783. The lowest BCUT2D eigenvalue weighted by molar-refractivity contribution is -0.142. The number of aliphatic carboxylic acids is 1. The van der Waals surface area contributed by atoms with Crippen molar-refractivity contribution in [3.63, 3.8) is 0 Å². The molecule has 1 aromatic carbocycles. The lowest BCUT2D eigenvalue weighted by atomic mass is 9.83. The van der Waals surface area contributed by atoms with Crippen LogP contribution < -0.4 is 5.73 Å². The molecule has 100 valence electrons. The number of nitrogens with two attached hydrogens (primary N) is 1. The molecule has 0 saturated heterocycles. The van der Waals surface area contributed by atoms with Gasteiger partial charge in [-0.15, -0.1) is 0 Å².